The highest BCUT2D eigenvalue weighted by atomic mass is 79.9. The Hall–Kier alpha value is -0.780. The van der Waals surface area contributed by atoms with Crippen molar-refractivity contribution in [2.45, 2.75) is 19.4 Å². The number of benzene rings is 1. The van der Waals surface area contributed by atoms with Crippen molar-refractivity contribution < 1.29 is 9.47 Å². The summed E-state index contributed by atoms with van der Waals surface area (Å²) in [5.74, 6) is 2.08. The van der Waals surface area contributed by atoms with E-state index in [1.807, 2.05) is 6.07 Å². The van der Waals surface area contributed by atoms with Crippen LogP contribution >= 0.6 is 15.9 Å². The van der Waals surface area contributed by atoms with Crippen LogP contribution in [0.1, 0.15) is 23.6 Å². The molecular weight excluding hydrogens is 320 g/mol. The zero-order valence-corrected chi connectivity index (χ0v) is 14.2. The first-order chi connectivity index (χ1) is 9.53. The molecule has 0 bridgehead atoms. The van der Waals surface area contributed by atoms with Crippen molar-refractivity contribution in [1.29, 1.82) is 0 Å². The smallest absolute Gasteiger partial charge is 0.175 e. The number of nitrogens with zero attached hydrogens (tertiary/aromatic N) is 1. The number of hydrogen-bond acceptors (Lipinski definition) is 4. The van der Waals surface area contributed by atoms with Crippen LogP contribution in [0.3, 0.4) is 0 Å². The summed E-state index contributed by atoms with van der Waals surface area (Å²) in [7, 11) is 5.49. The first-order valence-electron chi connectivity index (χ1n) is 6.84. The second kappa shape index (κ2) is 6.33. The van der Waals surface area contributed by atoms with Crippen LogP contribution < -0.4 is 15.2 Å². The van der Waals surface area contributed by atoms with Crippen molar-refractivity contribution >= 4 is 15.9 Å². The maximum Gasteiger partial charge on any atom is 0.175 e. The molecule has 1 aromatic rings. The lowest BCUT2D eigenvalue weighted by Gasteiger charge is -2.25. The summed E-state index contributed by atoms with van der Waals surface area (Å²) in [5.41, 5.74) is 8.32. The molecule has 1 heterocycles. The third-order valence-corrected chi connectivity index (χ3v) is 4.94. The Bertz CT molecular complexity index is 493. The molecule has 0 radical (unpaired) electrons. The molecule has 4 nitrogen and oxygen atoms in total. The van der Waals surface area contributed by atoms with Gasteiger partial charge in [-0.25, -0.2) is 0 Å². The summed E-state index contributed by atoms with van der Waals surface area (Å²) < 4.78 is 11.9. The van der Waals surface area contributed by atoms with E-state index in [0.29, 0.717) is 12.0 Å². The molecule has 0 spiro atoms. The van der Waals surface area contributed by atoms with Gasteiger partial charge in [0.05, 0.1) is 18.7 Å². The summed E-state index contributed by atoms with van der Waals surface area (Å²) in [6.45, 7) is 3.90. The van der Waals surface area contributed by atoms with E-state index in [4.69, 9.17) is 15.2 Å². The van der Waals surface area contributed by atoms with Gasteiger partial charge in [-0.1, -0.05) is 0 Å². The summed E-state index contributed by atoms with van der Waals surface area (Å²) in [4.78, 5) is 2.37. The maximum absolute atomic E-state index is 5.83. The largest absolute Gasteiger partial charge is 0.493 e. The van der Waals surface area contributed by atoms with Crippen molar-refractivity contribution in [3.8, 4) is 11.5 Å². The first-order valence-corrected chi connectivity index (χ1v) is 7.64. The van der Waals surface area contributed by atoms with E-state index in [1.165, 1.54) is 11.1 Å². The van der Waals surface area contributed by atoms with E-state index in [0.717, 1.165) is 35.5 Å². The van der Waals surface area contributed by atoms with Crippen LogP contribution in [0.25, 0.3) is 0 Å². The third kappa shape index (κ3) is 2.67. The topological polar surface area (TPSA) is 47.7 Å². The van der Waals surface area contributed by atoms with Gasteiger partial charge in [-0.3, -0.25) is 4.90 Å². The molecule has 0 saturated carbocycles. The van der Waals surface area contributed by atoms with Gasteiger partial charge >= 0.3 is 0 Å². The quantitative estimate of drug-likeness (QED) is 0.913. The minimum Gasteiger partial charge on any atom is -0.493 e. The molecule has 2 rings (SSSR count). The monoisotopic (exact) mass is 342 g/mol. The number of ether oxygens (including phenoxy) is 2. The third-order valence-electron chi connectivity index (χ3n) is 4.16. The zero-order chi connectivity index (χ0) is 14.9. The fourth-order valence-electron chi connectivity index (χ4n) is 3.11. The fraction of sp³-hybridized carbons (Fsp3) is 0.600. The van der Waals surface area contributed by atoms with Gasteiger partial charge < -0.3 is 15.2 Å². The molecule has 1 aliphatic heterocycles. The highest BCUT2D eigenvalue weighted by molar-refractivity contribution is 9.10. The molecule has 2 atom stereocenters. The molecule has 0 aromatic heterocycles. The van der Waals surface area contributed by atoms with E-state index in [1.54, 1.807) is 14.2 Å². The Labute approximate surface area is 129 Å². The molecule has 1 fully saturated rings. The Morgan fingerprint density at radius 1 is 1.40 bits per heavy atom. The molecule has 1 saturated heterocycles. The molecule has 1 aliphatic rings. The van der Waals surface area contributed by atoms with Gasteiger partial charge in [-0.15, -0.1) is 0 Å². The summed E-state index contributed by atoms with van der Waals surface area (Å²) >= 11 is 3.70. The van der Waals surface area contributed by atoms with Crippen molar-refractivity contribution in [3.63, 3.8) is 0 Å². The predicted octanol–water partition coefficient (Wildman–Crippen LogP) is 2.73. The van der Waals surface area contributed by atoms with Gasteiger partial charge in [-0.05, 0) is 66.0 Å². The maximum atomic E-state index is 5.83. The number of aryl methyl sites for hydroxylation is 1. The SMILES string of the molecule is COc1cc(C)c(C2CC(CN)CN2C)c(Br)c1OC. The average molecular weight is 343 g/mol. The van der Waals surface area contributed by atoms with Crippen LogP contribution in [0.4, 0.5) is 0 Å². The highest BCUT2D eigenvalue weighted by Gasteiger charge is 2.33. The van der Waals surface area contributed by atoms with Gasteiger partial charge in [0.15, 0.2) is 11.5 Å². The molecule has 1 aromatic carbocycles. The number of nitrogens with two attached hydrogens (primary N) is 1. The first kappa shape index (κ1) is 15.6. The van der Waals surface area contributed by atoms with Gasteiger partial charge in [0.2, 0.25) is 0 Å². The van der Waals surface area contributed by atoms with E-state index >= 15 is 0 Å². The summed E-state index contributed by atoms with van der Waals surface area (Å²) in [6, 6.07) is 2.42. The summed E-state index contributed by atoms with van der Waals surface area (Å²) in [5, 5.41) is 0. The number of likely N-dealkylation sites (tertiary alicyclic amines) is 1. The van der Waals surface area contributed by atoms with Gasteiger partial charge in [0.25, 0.3) is 0 Å². The van der Waals surface area contributed by atoms with Crippen LogP contribution in [-0.4, -0.2) is 39.3 Å². The van der Waals surface area contributed by atoms with Crippen LogP contribution in [0, 0.1) is 12.8 Å². The van der Waals surface area contributed by atoms with Gasteiger partial charge in [0.1, 0.15) is 0 Å². The summed E-state index contributed by atoms with van der Waals surface area (Å²) in [6.07, 6.45) is 1.09. The minimum atomic E-state index is 0.373. The van der Waals surface area contributed by atoms with Crippen LogP contribution in [-0.2, 0) is 0 Å². The molecular formula is C15H23BrN2O2. The van der Waals surface area contributed by atoms with E-state index in [9.17, 15) is 0 Å². The second-order valence-corrected chi connectivity index (χ2v) is 6.24. The molecule has 2 N–H and O–H groups in total. The number of rotatable bonds is 4. The average Bonchev–Trinajstić information content (AvgIpc) is 2.79. The Kier molecular flexibility index (Phi) is 4.94. The zero-order valence-electron chi connectivity index (χ0n) is 12.6. The lowest BCUT2D eigenvalue weighted by atomic mass is 9.95. The highest BCUT2D eigenvalue weighted by Crippen LogP contribution is 2.46. The van der Waals surface area contributed by atoms with Crippen LogP contribution in [0.15, 0.2) is 10.5 Å². The Morgan fingerprint density at radius 3 is 2.60 bits per heavy atom. The fourth-order valence-corrected chi connectivity index (χ4v) is 4.04. The Balaban J connectivity index is 2.47. The number of halogens is 1. The second-order valence-electron chi connectivity index (χ2n) is 5.45. The Morgan fingerprint density at radius 2 is 2.10 bits per heavy atom. The predicted molar refractivity (Wildman–Crippen MR) is 84.5 cm³/mol. The van der Waals surface area contributed by atoms with E-state index in [2.05, 4.69) is 34.8 Å². The van der Waals surface area contributed by atoms with Crippen LogP contribution in [0.5, 0.6) is 11.5 Å². The standard InChI is InChI=1S/C15H23BrN2O2/c1-9-5-12(19-3)15(20-4)14(16)13(9)11-6-10(7-17)8-18(11)2/h5,10-11H,6-8,17H2,1-4H3. The van der Waals surface area contributed by atoms with Crippen molar-refractivity contribution in [2.75, 3.05) is 34.4 Å². The molecule has 0 amide bonds. The molecule has 2 unspecified atom stereocenters. The lowest BCUT2D eigenvalue weighted by molar-refractivity contribution is 0.308. The lowest BCUT2D eigenvalue weighted by Crippen LogP contribution is -2.21. The molecule has 112 valence electrons. The van der Waals surface area contributed by atoms with Gasteiger partial charge in [-0.2, -0.15) is 0 Å². The molecule has 0 aliphatic carbocycles. The number of methoxy groups -OCH3 is 2. The van der Waals surface area contributed by atoms with Gasteiger partial charge in [0, 0.05) is 12.6 Å². The molecule has 5 heteroatoms. The minimum absolute atomic E-state index is 0.373. The van der Waals surface area contributed by atoms with Crippen molar-refractivity contribution in [1.82, 2.24) is 4.90 Å². The van der Waals surface area contributed by atoms with E-state index in [-0.39, 0.29) is 0 Å². The normalized spacial score (nSPS) is 23.1. The molecule has 20 heavy (non-hydrogen) atoms. The van der Waals surface area contributed by atoms with Crippen molar-refractivity contribution in [2.24, 2.45) is 11.7 Å². The van der Waals surface area contributed by atoms with E-state index < -0.39 is 0 Å². The van der Waals surface area contributed by atoms with Crippen LogP contribution in [0.2, 0.25) is 0 Å². The van der Waals surface area contributed by atoms with Crippen molar-refractivity contribution in [3.05, 3.63) is 21.7 Å². The number of hydrogen-bond donors (Lipinski definition) is 1.